The molecule has 0 saturated carbocycles. The minimum Gasteiger partial charge on any atom is -0.497 e. The number of hydrogen-bond acceptors (Lipinski definition) is 6. The van der Waals surface area contributed by atoms with E-state index in [4.69, 9.17) is 29.3 Å². The minimum atomic E-state index is -5.08. The van der Waals surface area contributed by atoms with E-state index in [-0.39, 0.29) is 5.60 Å². The Morgan fingerprint density at radius 1 is 1.03 bits per heavy atom. The van der Waals surface area contributed by atoms with E-state index in [1.54, 1.807) is 7.11 Å². The molecule has 3 heterocycles. The Kier molecular flexibility index (Phi) is 11.1. The zero-order chi connectivity index (χ0) is 29.3. The van der Waals surface area contributed by atoms with E-state index in [2.05, 4.69) is 28.1 Å². The summed E-state index contributed by atoms with van der Waals surface area (Å²) in [7, 11) is 1.71. The van der Waals surface area contributed by atoms with Crippen molar-refractivity contribution in [1.29, 1.82) is 0 Å². The number of carboxylic acids is 2. The second-order valence-corrected chi connectivity index (χ2v) is 8.91. The number of methoxy groups -OCH3 is 1. The molecule has 14 heteroatoms. The molecule has 0 aliphatic carbocycles. The Bertz CT molecular complexity index is 1030. The summed E-state index contributed by atoms with van der Waals surface area (Å²) in [6.07, 6.45) is -2.95. The Morgan fingerprint density at radius 2 is 1.56 bits per heavy atom. The maximum absolute atomic E-state index is 10.6. The second-order valence-electron chi connectivity index (χ2n) is 8.91. The molecule has 2 aliphatic heterocycles. The van der Waals surface area contributed by atoms with Gasteiger partial charge in [-0.05, 0) is 48.6 Å². The molecule has 216 valence electrons. The Labute approximate surface area is 220 Å². The fraction of sp³-hybridized carbons (Fsp3) is 0.480. The van der Waals surface area contributed by atoms with Crippen LogP contribution in [0.1, 0.15) is 36.3 Å². The molecule has 2 saturated heterocycles. The minimum absolute atomic E-state index is 0.0803. The van der Waals surface area contributed by atoms with Crippen LogP contribution < -0.4 is 4.74 Å². The number of benzene rings is 1. The molecule has 2 fully saturated rings. The summed E-state index contributed by atoms with van der Waals surface area (Å²) in [6, 6.07) is 12.6. The van der Waals surface area contributed by atoms with Gasteiger partial charge in [0, 0.05) is 37.9 Å². The average Bonchev–Trinajstić information content (AvgIpc) is 3.30. The summed E-state index contributed by atoms with van der Waals surface area (Å²) in [5, 5.41) is 14.2. The number of carboxylic acid groups (broad SMARTS) is 2. The first kappa shape index (κ1) is 31.8. The van der Waals surface area contributed by atoms with Crippen LogP contribution in [-0.4, -0.2) is 76.8 Å². The van der Waals surface area contributed by atoms with Crippen molar-refractivity contribution in [3.63, 3.8) is 0 Å². The van der Waals surface area contributed by atoms with Crippen LogP contribution in [0.3, 0.4) is 0 Å². The fourth-order valence-electron chi connectivity index (χ4n) is 4.13. The van der Waals surface area contributed by atoms with E-state index in [0.29, 0.717) is 5.92 Å². The van der Waals surface area contributed by atoms with Gasteiger partial charge in [0.25, 0.3) is 0 Å². The fourth-order valence-corrected chi connectivity index (χ4v) is 4.13. The van der Waals surface area contributed by atoms with E-state index in [1.165, 1.54) is 11.1 Å². The lowest BCUT2D eigenvalue weighted by Crippen LogP contribution is -2.43. The molecule has 39 heavy (non-hydrogen) atoms. The van der Waals surface area contributed by atoms with Crippen molar-refractivity contribution < 1.29 is 55.6 Å². The first-order valence-electron chi connectivity index (χ1n) is 11.6. The van der Waals surface area contributed by atoms with Crippen molar-refractivity contribution in [3.8, 4) is 5.75 Å². The summed E-state index contributed by atoms with van der Waals surface area (Å²) in [5.74, 6) is -4.09. The summed E-state index contributed by atoms with van der Waals surface area (Å²) < 4.78 is 75.0. The SMILES string of the molecule is COc1ccc(CN2CCC3(CC2)CC(c2cccnc2)CO3)cc1.O=C(O)C(F)(F)F.O=C(O)C(F)(F)F. The van der Waals surface area contributed by atoms with Gasteiger partial charge < -0.3 is 19.7 Å². The highest BCUT2D eigenvalue weighted by atomic mass is 19.4. The van der Waals surface area contributed by atoms with Crippen LogP contribution in [-0.2, 0) is 20.9 Å². The number of nitrogens with zero attached hydrogens (tertiary/aromatic N) is 2. The Balaban J connectivity index is 0.000000317. The molecule has 1 spiro atoms. The van der Waals surface area contributed by atoms with Gasteiger partial charge in [-0.25, -0.2) is 9.59 Å². The van der Waals surface area contributed by atoms with E-state index < -0.39 is 24.3 Å². The number of alkyl halides is 6. The maximum Gasteiger partial charge on any atom is 0.490 e. The number of ether oxygens (including phenoxy) is 2. The molecule has 8 nitrogen and oxygen atoms in total. The van der Waals surface area contributed by atoms with Crippen LogP contribution in [0, 0.1) is 0 Å². The molecule has 2 N–H and O–H groups in total. The van der Waals surface area contributed by atoms with Crippen molar-refractivity contribution in [2.45, 2.75) is 49.7 Å². The van der Waals surface area contributed by atoms with Crippen molar-refractivity contribution in [2.24, 2.45) is 0 Å². The molecule has 1 atom stereocenters. The topological polar surface area (TPSA) is 109 Å². The van der Waals surface area contributed by atoms with Crippen LogP contribution in [0.4, 0.5) is 26.3 Å². The number of halogens is 6. The first-order chi connectivity index (χ1) is 18.1. The molecule has 0 bridgehead atoms. The third-order valence-corrected chi connectivity index (χ3v) is 6.18. The molecule has 1 aromatic heterocycles. The monoisotopic (exact) mass is 566 g/mol. The number of likely N-dealkylation sites (tertiary alicyclic amines) is 1. The average molecular weight is 566 g/mol. The highest BCUT2D eigenvalue weighted by Gasteiger charge is 2.43. The quantitative estimate of drug-likeness (QED) is 0.504. The number of piperidine rings is 1. The molecule has 1 aromatic carbocycles. The predicted molar refractivity (Wildman–Crippen MR) is 125 cm³/mol. The number of aromatic nitrogens is 1. The Morgan fingerprint density at radius 3 is 2.00 bits per heavy atom. The van der Waals surface area contributed by atoms with Crippen LogP contribution in [0.25, 0.3) is 0 Å². The van der Waals surface area contributed by atoms with Gasteiger partial charge in [-0.2, -0.15) is 26.3 Å². The predicted octanol–water partition coefficient (Wildman–Crippen LogP) is 4.90. The third kappa shape index (κ3) is 10.4. The molecule has 2 aliphatic rings. The zero-order valence-electron chi connectivity index (χ0n) is 20.8. The van der Waals surface area contributed by atoms with Gasteiger partial charge in [0.15, 0.2) is 0 Å². The van der Waals surface area contributed by atoms with Gasteiger partial charge >= 0.3 is 24.3 Å². The van der Waals surface area contributed by atoms with E-state index in [9.17, 15) is 26.3 Å². The zero-order valence-corrected chi connectivity index (χ0v) is 20.8. The van der Waals surface area contributed by atoms with Crippen molar-refractivity contribution in [3.05, 3.63) is 59.9 Å². The van der Waals surface area contributed by atoms with Gasteiger partial charge in [0.2, 0.25) is 0 Å². The normalized spacial score (nSPS) is 18.8. The van der Waals surface area contributed by atoms with Crippen molar-refractivity contribution >= 4 is 11.9 Å². The summed E-state index contributed by atoms with van der Waals surface area (Å²) in [4.78, 5) is 24.6. The van der Waals surface area contributed by atoms with Crippen molar-refractivity contribution in [1.82, 2.24) is 9.88 Å². The molecular weight excluding hydrogens is 538 g/mol. The highest BCUT2D eigenvalue weighted by Crippen LogP contribution is 2.42. The van der Waals surface area contributed by atoms with Crippen LogP contribution in [0.2, 0.25) is 0 Å². The summed E-state index contributed by atoms with van der Waals surface area (Å²) in [6.45, 7) is 4.05. The van der Waals surface area contributed by atoms with Crippen LogP contribution in [0.5, 0.6) is 5.75 Å². The van der Waals surface area contributed by atoms with E-state index in [1.807, 2.05) is 30.6 Å². The number of hydrogen-bond donors (Lipinski definition) is 2. The largest absolute Gasteiger partial charge is 0.497 e. The van der Waals surface area contributed by atoms with E-state index >= 15 is 0 Å². The molecule has 2 aromatic rings. The van der Waals surface area contributed by atoms with Gasteiger partial charge in [0.1, 0.15) is 5.75 Å². The second kappa shape index (κ2) is 13.6. The molecular formula is C25H28F6N2O6. The standard InChI is InChI=1S/C21H26N2O2.2C2HF3O2/c1-24-20-6-4-17(5-7-20)15-23-11-8-21(9-12-23)13-19(16-25-21)18-3-2-10-22-14-18;2*3-2(4,5)1(6)7/h2-7,10,14,19H,8-9,11-13,15-16H2,1H3;2*(H,6,7). The molecule has 1 unspecified atom stereocenters. The lowest BCUT2D eigenvalue weighted by atomic mass is 9.83. The van der Waals surface area contributed by atoms with Gasteiger partial charge in [0.05, 0.1) is 19.3 Å². The number of pyridine rings is 1. The van der Waals surface area contributed by atoms with Crippen LogP contribution >= 0.6 is 0 Å². The summed E-state index contributed by atoms with van der Waals surface area (Å²) >= 11 is 0. The van der Waals surface area contributed by atoms with Crippen LogP contribution in [0.15, 0.2) is 48.8 Å². The van der Waals surface area contributed by atoms with Gasteiger partial charge in [-0.3, -0.25) is 9.88 Å². The smallest absolute Gasteiger partial charge is 0.490 e. The Hall–Kier alpha value is -3.39. The number of rotatable bonds is 4. The van der Waals surface area contributed by atoms with Gasteiger partial charge in [-0.1, -0.05) is 18.2 Å². The maximum atomic E-state index is 10.6. The number of aliphatic carboxylic acids is 2. The van der Waals surface area contributed by atoms with Crippen molar-refractivity contribution in [2.75, 3.05) is 26.8 Å². The highest BCUT2D eigenvalue weighted by molar-refractivity contribution is 5.73. The summed E-state index contributed by atoms with van der Waals surface area (Å²) in [5.41, 5.74) is 2.74. The first-order valence-corrected chi connectivity index (χ1v) is 11.6. The third-order valence-electron chi connectivity index (χ3n) is 6.18. The molecule has 0 radical (unpaired) electrons. The molecule has 0 amide bonds. The van der Waals surface area contributed by atoms with E-state index in [0.717, 1.165) is 51.3 Å². The number of carbonyl (C=O) groups is 2. The lowest BCUT2D eigenvalue weighted by Gasteiger charge is -2.38. The molecule has 4 rings (SSSR count). The lowest BCUT2D eigenvalue weighted by molar-refractivity contribution is -0.193. The van der Waals surface area contributed by atoms with Gasteiger partial charge in [-0.15, -0.1) is 0 Å².